The lowest BCUT2D eigenvalue weighted by Gasteiger charge is -2.57. The molecule has 0 atom stereocenters. The summed E-state index contributed by atoms with van der Waals surface area (Å²) >= 11 is 0. The zero-order valence-electron chi connectivity index (χ0n) is 32.0. The van der Waals surface area contributed by atoms with Crippen LogP contribution < -0.4 is 9.80 Å². The molecular weight excluding hydrogens is 665 g/mol. The number of para-hydroxylation sites is 2. The summed E-state index contributed by atoms with van der Waals surface area (Å²) in [5, 5.41) is 2.56. The summed E-state index contributed by atoms with van der Waals surface area (Å²) in [6.45, 7) is 4.70. The first-order chi connectivity index (χ1) is 26.9. The Morgan fingerprint density at radius 1 is 0.491 bits per heavy atom. The fraction of sp³-hybridized carbons (Fsp3) is 0.245. The number of anilines is 6. The van der Waals surface area contributed by atoms with Crippen molar-refractivity contribution in [3.05, 3.63) is 180 Å². The van der Waals surface area contributed by atoms with E-state index in [1.807, 2.05) is 0 Å². The van der Waals surface area contributed by atoms with Gasteiger partial charge in [0.1, 0.15) is 0 Å². The molecule has 4 fully saturated rings. The molecular formula is C53H48N2. The van der Waals surface area contributed by atoms with E-state index in [2.05, 4.69) is 187 Å². The zero-order chi connectivity index (χ0) is 36.7. The fourth-order valence-electron chi connectivity index (χ4n) is 11.8. The van der Waals surface area contributed by atoms with E-state index in [0.717, 1.165) is 29.1 Å². The molecule has 0 unspecified atom stereocenters. The molecule has 270 valence electrons. The molecule has 4 aliphatic carbocycles. The van der Waals surface area contributed by atoms with Gasteiger partial charge in [-0.1, -0.05) is 117 Å². The van der Waals surface area contributed by atoms with Crippen molar-refractivity contribution in [2.45, 2.75) is 63.2 Å². The van der Waals surface area contributed by atoms with Crippen molar-refractivity contribution in [1.29, 1.82) is 0 Å². The van der Waals surface area contributed by atoms with Crippen LogP contribution in [-0.4, -0.2) is 0 Å². The minimum atomic E-state index is -0.0824. The molecule has 7 aromatic rings. The van der Waals surface area contributed by atoms with Crippen LogP contribution >= 0.6 is 0 Å². The molecule has 0 aromatic heterocycles. The first-order valence-corrected chi connectivity index (χ1v) is 20.5. The second-order valence-electron chi connectivity index (χ2n) is 17.7. The van der Waals surface area contributed by atoms with E-state index in [-0.39, 0.29) is 5.41 Å². The first kappa shape index (κ1) is 32.8. The minimum absolute atomic E-state index is 0.0824. The van der Waals surface area contributed by atoms with Gasteiger partial charge in [-0.2, -0.15) is 0 Å². The number of benzene rings is 7. The highest BCUT2D eigenvalue weighted by Gasteiger charge is 2.51. The molecule has 1 heterocycles. The van der Waals surface area contributed by atoms with Crippen LogP contribution in [0.15, 0.2) is 164 Å². The van der Waals surface area contributed by atoms with E-state index in [1.165, 1.54) is 94.3 Å². The van der Waals surface area contributed by atoms with Crippen molar-refractivity contribution in [3.8, 4) is 11.1 Å². The van der Waals surface area contributed by atoms with Crippen molar-refractivity contribution in [1.82, 2.24) is 0 Å². The minimum Gasteiger partial charge on any atom is -0.311 e. The summed E-state index contributed by atoms with van der Waals surface area (Å²) in [6.07, 6.45) is 8.59. The topological polar surface area (TPSA) is 6.48 Å². The van der Waals surface area contributed by atoms with Gasteiger partial charge in [-0.25, -0.2) is 0 Å². The third kappa shape index (κ3) is 5.29. The molecule has 4 saturated carbocycles. The van der Waals surface area contributed by atoms with Gasteiger partial charge in [-0.3, -0.25) is 0 Å². The van der Waals surface area contributed by atoms with E-state index in [4.69, 9.17) is 0 Å². The Balaban J connectivity index is 0.990. The summed E-state index contributed by atoms with van der Waals surface area (Å²) in [6, 6.07) is 61.3. The SMILES string of the molecule is CC1(C)c2ccccc2N(c2ccc(N(c3ccc(-c4cccc5ccccc45)cc3)c3ccc(C45CC6CC(CC(C6)C4)C5)cc3)cc2)c2ccccc21. The van der Waals surface area contributed by atoms with E-state index < -0.39 is 0 Å². The van der Waals surface area contributed by atoms with Crippen LogP contribution in [0.4, 0.5) is 34.1 Å². The van der Waals surface area contributed by atoms with Crippen LogP contribution in [-0.2, 0) is 10.8 Å². The Morgan fingerprint density at radius 2 is 0.982 bits per heavy atom. The summed E-state index contributed by atoms with van der Waals surface area (Å²) in [5.74, 6) is 2.81. The largest absolute Gasteiger partial charge is 0.311 e. The van der Waals surface area contributed by atoms with Crippen LogP contribution in [0.25, 0.3) is 21.9 Å². The van der Waals surface area contributed by atoms with Crippen molar-refractivity contribution in [2.24, 2.45) is 17.8 Å². The maximum absolute atomic E-state index is 2.48. The van der Waals surface area contributed by atoms with Crippen LogP contribution in [0.1, 0.15) is 69.1 Å². The normalized spacial score (nSPS) is 23.0. The second kappa shape index (κ2) is 12.5. The Labute approximate surface area is 326 Å². The van der Waals surface area contributed by atoms with Gasteiger partial charge in [0, 0.05) is 28.2 Å². The van der Waals surface area contributed by atoms with E-state index in [1.54, 1.807) is 5.56 Å². The standard InChI is InChI=1S/C53H48N2/c1-52(2)48-14-5-7-16-50(48)55(51-17-8-6-15-49(51)52)45-28-26-44(27-29-45)54(42-22-18-40(19-23-42)47-13-9-11-39-10-3-4-12-46(39)47)43-24-20-41(21-25-43)53-33-36-30-37(34-53)32-38(31-36)35-53/h3-29,36-38H,30-35H2,1-2H3. The number of hydrogen-bond donors (Lipinski definition) is 0. The summed E-state index contributed by atoms with van der Waals surface area (Å²) in [4.78, 5) is 4.89. The molecule has 5 aliphatic rings. The molecule has 12 rings (SSSR count). The van der Waals surface area contributed by atoms with Crippen molar-refractivity contribution in [2.75, 3.05) is 9.80 Å². The molecule has 7 aromatic carbocycles. The Hall–Kier alpha value is -5.60. The lowest BCUT2D eigenvalue weighted by Crippen LogP contribution is -2.48. The summed E-state index contributed by atoms with van der Waals surface area (Å²) in [5.41, 5.74) is 14.3. The molecule has 0 spiro atoms. The maximum atomic E-state index is 2.48. The highest BCUT2D eigenvalue weighted by molar-refractivity contribution is 5.97. The average Bonchev–Trinajstić information content (AvgIpc) is 3.21. The summed E-state index contributed by atoms with van der Waals surface area (Å²) < 4.78 is 0. The molecule has 0 N–H and O–H groups in total. The van der Waals surface area contributed by atoms with Crippen molar-refractivity contribution in [3.63, 3.8) is 0 Å². The molecule has 4 bridgehead atoms. The molecule has 0 radical (unpaired) electrons. The van der Waals surface area contributed by atoms with E-state index >= 15 is 0 Å². The smallest absolute Gasteiger partial charge is 0.0502 e. The van der Waals surface area contributed by atoms with Crippen LogP contribution in [0, 0.1) is 17.8 Å². The Morgan fingerprint density at radius 3 is 1.58 bits per heavy atom. The van der Waals surface area contributed by atoms with Gasteiger partial charge >= 0.3 is 0 Å². The average molecular weight is 713 g/mol. The molecule has 0 amide bonds. The first-order valence-electron chi connectivity index (χ1n) is 20.5. The summed E-state index contributed by atoms with van der Waals surface area (Å²) in [7, 11) is 0. The lowest BCUT2D eigenvalue weighted by atomic mass is 9.48. The molecule has 1 aliphatic heterocycles. The van der Waals surface area contributed by atoms with Gasteiger partial charge in [0.2, 0.25) is 0 Å². The van der Waals surface area contributed by atoms with E-state index in [9.17, 15) is 0 Å². The van der Waals surface area contributed by atoms with Crippen molar-refractivity contribution < 1.29 is 0 Å². The number of hydrogen-bond acceptors (Lipinski definition) is 2. The predicted molar refractivity (Wildman–Crippen MR) is 231 cm³/mol. The highest BCUT2D eigenvalue weighted by atomic mass is 15.2. The Kier molecular flexibility index (Phi) is 7.43. The maximum Gasteiger partial charge on any atom is 0.0502 e. The Bertz CT molecular complexity index is 2450. The van der Waals surface area contributed by atoms with Crippen LogP contribution in [0.5, 0.6) is 0 Å². The third-order valence-electron chi connectivity index (χ3n) is 14.0. The monoisotopic (exact) mass is 712 g/mol. The van der Waals surface area contributed by atoms with Crippen LogP contribution in [0.3, 0.4) is 0 Å². The highest BCUT2D eigenvalue weighted by Crippen LogP contribution is 2.61. The van der Waals surface area contributed by atoms with Gasteiger partial charge in [-0.05, 0) is 161 Å². The third-order valence-corrected chi connectivity index (χ3v) is 14.0. The molecule has 2 heteroatoms. The van der Waals surface area contributed by atoms with Crippen molar-refractivity contribution >= 4 is 44.9 Å². The molecule has 0 saturated heterocycles. The van der Waals surface area contributed by atoms with Crippen LogP contribution in [0.2, 0.25) is 0 Å². The van der Waals surface area contributed by atoms with Gasteiger partial charge in [0.25, 0.3) is 0 Å². The molecule has 55 heavy (non-hydrogen) atoms. The number of nitrogens with zero attached hydrogens (tertiary/aromatic N) is 2. The van der Waals surface area contributed by atoms with Gasteiger partial charge in [0.15, 0.2) is 0 Å². The number of fused-ring (bicyclic) bond motifs is 3. The van der Waals surface area contributed by atoms with Gasteiger partial charge in [-0.15, -0.1) is 0 Å². The van der Waals surface area contributed by atoms with Gasteiger partial charge in [0.05, 0.1) is 11.4 Å². The fourth-order valence-corrected chi connectivity index (χ4v) is 11.8. The lowest BCUT2D eigenvalue weighted by molar-refractivity contribution is -0.00518. The van der Waals surface area contributed by atoms with Gasteiger partial charge < -0.3 is 9.80 Å². The zero-order valence-corrected chi connectivity index (χ0v) is 32.0. The quantitative estimate of drug-likeness (QED) is 0.169. The molecule has 2 nitrogen and oxygen atoms in total. The predicted octanol–water partition coefficient (Wildman–Crippen LogP) is 14.6. The second-order valence-corrected chi connectivity index (χ2v) is 17.7. The number of rotatable bonds is 6. The van der Waals surface area contributed by atoms with E-state index in [0.29, 0.717) is 5.41 Å².